The molecule has 0 radical (unpaired) electrons. The number of alkyl halides is 2. The zero-order valence-electron chi connectivity index (χ0n) is 14.4. The van der Waals surface area contributed by atoms with Gasteiger partial charge in [0.05, 0.1) is 12.2 Å². The van der Waals surface area contributed by atoms with Gasteiger partial charge in [-0.15, -0.1) is 0 Å². The molecule has 0 aromatic carbocycles. The van der Waals surface area contributed by atoms with Crippen LogP contribution in [0, 0.1) is 41.4 Å². The zero-order valence-corrected chi connectivity index (χ0v) is 15.2. The van der Waals surface area contributed by atoms with Crippen LogP contribution in [0.3, 0.4) is 0 Å². The van der Waals surface area contributed by atoms with E-state index in [1.165, 1.54) is 6.42 Å². The van der Waals surface area contributed by atoms with E-state index in [0.717, 1.165) is 37.5 Å². The Morgan fingerprint density at radius 2 is 1.46 bits per heavy atom. The van der Waals surface area contributed by atoms with Crippen LogP contribution in [0.25, 0.3) is 0 Å². The molecule has 6 bridgehead atoms. The van der Waals surface area contributed by atoms with Gasteiger partial charge >= 0.3 is 15.4 Å². The summed E-state index contributed by atoms with van der Waals surface area (Å²) in [6.07, 6.45) is 5.66. The van der Waals surface area contributed by atoms with E-state index in [-0.39, 0.29) is 18.4 Å². The van der Waals surface area contributed by atoms with Crippen LogP contribution in [0.1, 0.15) is 44.9 Å². The van der Waals surface area contributed by atoms with Gasteiger partial charge < -0.3 is 9.47 Å². The minimum absolute atomic E-state index is 0.0820. The molecule has 5 nitrogen and oxygen atoms in total. The average molecular weight is 390 g/mol. The third kappa shape index (κ3) is 1.87. The molecule has 7 aliphatic rings. The lowest BCUT2D eigenvalue weighted by Gasteiger charge is -2.58. The van der Waals surface area contributed by atoms with Crippen LogP contribution in [-0.2, 0) is 19.6 Å². The first-order valence-electron chi connectivity index (χ1n) is 9.89. The van der Waals surface area contributed by atoms with Crippen molar-refractivity contribution < 1.29 is 31.2 Å². The van der Waals surface area contributed by atoms with Gasteiger partial charge in [-0.2, -0.15) is 17.2 Å². The molecule has 1 spiro atoms. The summed E-state index contributed by atoms with van der Waals surface area (Å²) in [6, 6.07) is 0. The van der Waals surface area contributed by atoms with E-state index in [0.29, 0.717) is 18.3 Å². The van der Waals surface area contributed by atoms with Crippen LogP contribution in [-0.4, -0.2) is 36.2 Å². The maximum atomic E-state index is 14.3. The molecule has 26 heavy (non-hydrogen) atoms. The second-order valence-electron chi connectivity index (χ2n) is 9.73. The summed E-state index contributed by atoms with van der Waals surface area (Å²) in [5, 5.41) is -4.11. The Hall–Kier alpha value is -0.310. The molecule has 8 heteroatoms. The normalized spacial score (nSPS) is 57.3. The molecule has 6 saturated carbocycles. The molecule has 5 unspecified atom stereocenters. The highest BCUT2D eigenvalue weighted by atomic mass is 32.2. The molecule has 1 heterocycles. The molecular formula is C18H24F2O5S. The number of hydrogen-bond donors (Lipinski definition) is 1. The Labute approximate surface area is 151 Å². The topological polar surface area (TPSA) is 72.8 Å². The fraction of sp³-hybridized carbons (Fsp3) is 1.00. The second-order valence-corrected chi connectivity index (χ2v) is 11.2. The summed E-state index contributed by atoms with van der Waals surface area (Å²) in [6.45, 7) is 0. The standard InChI is InChI=1S/C18H24F2O5S/c19-18(20,26(21,22)23)14-7-10-6-13(14)16-15(10)24-17(25-16)11-2-8-1-9(4-11)5-12(17)3-8/h8-16H,1-7H2,(H,21,22,23). The first-order chi connectivity index (χ1) is 12.2. The van der Waals surface area contributed by atoms with Gasteiger partial charge in [0, 0.05) is 17.8 Å². The van der Waals surface area contributed by atoms with Gasteiger partial charge in [-0.3, -0.25) is 4.55 Å². The van der Waals surface area contributed by atoms with Gasteiger partial charge in [-0.1, -0.05) is 0 Å². The molecule has 0 aromatic rings. The molecule has 7 rings (SSSR count). The van der Waals surface area contributed by atoms with Crippen LogP contribution < -0.4 is 0 Å². The lowest BCUT2D eigenvalue weighted by molar-refractivity contribution is -0.304. The summed E-state index contributed by atoms with van der Waals surface area (Å²) in [5.74, 6) is -0.444. The maximum Gasteiger partial charge on any atom is 0.373 e. The summed E-state index contributed by atoms with van der Waals surface area (Å²) < 4.78 is 73.2. The SMILES string of the molecule is O=S(=O)(O)C(F)(F)C1CC2CC1C1OC3(OC21)C1CC2CC(C1)CC3C2. The molecular weight excluding hydrogens is 366 g/mol. The average Bonchev–Trinajstić information content (AvgIpc) is 3.21. The molecule has 1 aliphatic heterocycles. The van der Waals surface area contributed by atoms with Crippen LogP contribution >= 0.6 is 0 Å². The zero-order chi connectivity index (χ0) is 18.1. The van der Waals surface area contributed by atoms with Crippen LogP contribution in [0.15, 0.2) is 0 Å². The molecule has 0 amide bonds. The maximum absolute atomic E-state index is 14.3. The van der Waals surface area contributed by atoms with E-state index in [2.05, 4.69) is 0 Å². The lowest BCUT2D eigenvalue weighted by atomic mass is 9.53. The van der Waals surface area contributed by atoms with E-state index in [1.807, 2.05) is 0 Å². The van der Waals surface area contributed by atoms with Crippen molar-refractivity contribution in [3.63, 3.8) is 0 Å². The Balaban J connectivity index is 1.31. The predicted molar refractivity (Wildman–Crippen MR) is 85.7 cm³/mol. The Morgan fingerprint density at radius 3 is 2.04 bits per heavy atom. The molecule has 0 aromatic heterocycles. The van der Waals surface area contributed by atoms with Crippen molar-refractivity contribution in [3.05, 3.63) is 0 Å². The second kappa shape index (κ2) is 4.81. The molecule has 1 saturated heterocycles. The van der Waals surface area contributed by atoms with Crippen molar-refractivity contribution in [2.24, 2.45) is 41.4 Å². The summed E-state index contributed by atoms with van der Waals surface area (Å²) in [5.41, 5.74) is 0. The first kappa shape index (κ1) is 16.6. The van der Waals surface area contributed by atoms with Crippen molar-refractivity contribution in [2.75, 3.05) is 0 Å². The van der Waals surface area contributed by atoms with Crippen molar-refractivity contribution in [2.45, 2.75) is 68.2 Å². The third-order valence-electron chi connectivity index (χ3n) is 8.55. The smallest absolute Gasteiger partial charge is 0.343 e. The minimum atomic E-state index is -5.42. The van der Waals surface area contributed by atoms with E-state index in [4.69, 9.17) is 14.0 Å². The van der Waals surface area contributed by atoms with Gasteiger partial charge in [0.25, 0.3) is 0 Å². The monoisotopic (exact) mass is 390 g/mol. The van der Waals surface area contributed by atoms with Crippen LogP contribution in [0.4, 0.5) is 8.78 Å². The fourth-order valence-electron chi connectivity index (χ4n) is 7.83. The van der Waals surface area contributed by atoms with Crippen molar-refractivity contribution >= 4 is 10.1 Å². The number of rotatable bonds is 2. The van der Waals surface area contributed by atoms with Gasteiger partial charge in [0.2, 0.25) is 0 Å². The van der Waals surface area contributed by atoms with E-state index in [9.17, 15) is 17.2 Å². The van der Waals surface area contributed by atoms with E-state index in [1.54, 1.807) is 0 Å². The third-order valence-corrected chi connectivity index (χ3v) is 9.54. The molecule has 5 atom stereocenters. The number of fused-ring (bicyclic) bond motifs is 5. The van der Waals surface area contributed by atoms with E-state index < -0.39 is 39.1 Å². The number of halogens is 2. The summed E-state index contributed by atoms with van der Waals surface area (Å²) in [4.78, 5) is 0. The first-order valence-corrected chi connectivity index (χ1v) is 11.3. The van der Waals surface area contributed by atoms with Crippen molar-refractivity contribution in [3.8, 4) is 0 Å². The largest absolute Gasteiger partial charge is 0.373 e. The quantitative estimate of drug-likeness (QED) is 0.734. The molecule has 146 valence electrons. The van der Waals surface area contributed by atoms with Gasteiger partial charge in [-0.25, -0.2) is 0 Å². The molecule has 7 fully saturated rings. The summed E-state index contributed by atoms with van der Waals surface area (Å²) >= 11 is 0. The molecule has 1 N–H and O–H groups in total. The Kier molecular flexibility index (Phi) is 3.07. The number of ether oxygens (including phenoxy) is 2. The van der Waals surface area contributed by atoms with Crippen molar-refractivity contribution in [1.82, 2.24) is 0 Å². The minimum Gasteiger partial charge on any atom is -0.343 e. The van der Waals surface area contributed by atoms with Crippen molar-refractivity contribution in [1.29, 1.82) is 0 Å². The van der Waals surface area contributed by atoms with E-state index >= 15 is 0 Å². The Bertz CT molecular complexity index is 725. The number of hydrogen-bond acceptors (Lipinski definition) is 4. The van der Waals surface area contributed by atoms with Gasteiger partial charge in [0.1, 0.15) is 0 Å². The van der Waals surface area contributed by atoms with Crippen LogP contribution in [0.5, 0.6) is 0 Å². The summed E-state index contributed by atoms with van der Waals surface area (Å²) in [7, 11) is -5.42. The van der Waals surface area contributed by atoms with Gasteiger partial charge in [-0.05, 0) is 68.6 Å². The lowest BCUT2D eigenvalue weighted by Crippen LogP contribution is -2.59. The predicted octanol–water partition coefficient (Wildman–Crippen LogP) is 3.06. The highest BCUT2D eigenvalue weighted by molar-refractivity contribution is 7.86. The Morgan fingerprint density at radius 1 is 0.885 bits per heavy atom. The highest BCUT2D eigenvalue weighted by Crippen LogP contribution is 2.67. The fourth-order valence-corrected chi connectivity index (χ4v) is 8.48. The molecule has 6 aliphatic carbocycles. The highest BCUT2D eigenvalue weighted by Gasteiger charge is 2.72. The van der Waals surface area contributed by atoms with Gasteiger partial charge in [0.15, 0.2) is 5.79 Å². The van der Waals surface area contributed by atoms with Crippen LogP contribution in [0.2, 0.25) is 0 Å².